The zero-order chi connectivity index (χ0) is 25.3. The Bertz CT molecular complexity index is 1310. The molecule has 2 aromatic carbocycles. The summed E-state index contributed by atoms with van der Waals surface area (Å²) >= 11 is 1.82. The van der Waals surface area contributed by atoms with Crippen LogP contribution in [0.4, 0.5) is 0 Å². The topological polar surface area (TPSA) is 60.9 Å². The van der Waals surface area contributed by atoms with Gasteiger partial charge in [-0.3, -0.25) is 9.69 Å². The van der Waals surface area contributed by atoms with Crippen LogP contribution in [0.5, 0.6) is 0 Å². The summed E-state index contributed by atoms with van der Waals surface area (Å²) in [5.41, 5.74) is 3.64. The average molecular weight is 524 g/mol. The quantitative estimate of drug-likeness (QED) is 0.483. The number of hydrogen-bond acceptors (Lipinski definition) is 5. The summed E-state index contributed by atoms with van der Waals surface area (Å²) < 4.78 is 27.9. The Morgan fingerprint density at radius 3 is 2.47 bits per heavy atom. The van der Waals surface area contributed by atoms with E-state index in [4.69, 9.17) is 0 Å². The highest BCUT2D eigenvalue weighted by molar-refractivity contribution is 7.89. The predicted molar refractivity (Wildman–Crippen MR) is 144 cm³/mol. The van der Waals surface area contributed by atoms with Crippen molar-refractivity contribution < 1.29 is 13.2 Å². The Balaban J connectivity index is 1.23. The van der Waals surface area contributed by atoms with Crippen molar-refractivity contribution in [1.82, 2.24) is 14.1 Å². The third-order valence-corrected chi connectivity index (χ3v) is 10.4. The van der Waals surface area contributed by atoms with Crippen LogP contribution in [-0.2, 0) is 21.2 Å². The summed E-state index contributed by atoms with van der Waals surface area (Å²) in [5, 5.41) is 2.17. The molecule has 0 saturated carbocycles. The minimum Gasteiger partial charge on any atom is -0.340 e. The van der Waals surface area contributed by atoms with Crippen molar-refractivity contribution in [3.8, 4) is 0 Å². The molecule has 3 heterocycles. The number of hydrogen-bond donors (Lipinski definition) is 0. The molecular formula is C28H33N3O3S2. The van der Waals surface area contributed by atoms with Gasteiger partial charge in [-0.15, -0.1) is 11.3 Å². The van der Waals surface area contributed by atoms with Gasteiger partial charge in [0.2, 0.25) is 15.9 Å². The van der Waals surface area contributed by atoms with Crippen molar-refractivity contribution in [3.05, 3.63) is 87.6 Å². The summed E-state index contributed by atoms with van der Waals surface area (Å²) in [5.74, 6) is 0.0946. The first kappa shape index (κ1) is 25.1. The lowest BCUT2D eigenvalue weighted by Gasteiger charge is -2.40. The minimum atomic E-state index is -3.58. The number of aryl methyl sites for hydroxylation is 1. The van der Waals surface area contributed by atoms with Crippen molar-refractivity contribution in [3.63, 3.8) is 0 Å². The van der Waals surface area contributed by atoms with Gasteiger partial charge in [-0.1, -0.05) is 48.0 Å². The lowest BCUT2D eigenvalue weighted by molar-refractivity contribution is -0.133. The molecule has 2 unspecified atom stereocenters. The van der Waals surface area contributed by atoms with Crippen molar-refractivity contribution in [2.45, 2.75) is 43.7 Å². The van der Waals surface area contributed by atoms with E-state index in [9.17, 15) is 13.2 Å². The maximum Gasteiger partial charge on any atom is 0.243 e. The number of benzene rings is 2. The molecule has 2 atom stereocenters. The van der Waals surface area contributed by atoms with E-state index >= 15 is 0 Å². The van der Waals surface area contributed by atoms with Crippen molar-refractivity contribution in [1.29, 1.82) is 0 Å². The standard InChI is InChI=1S/C28H33N3O3S2/c1-21-8-10-24(11-9-21)36(33,34)31-18-17-30(20-22(31)2)27(32)13-16-29-15-12-26-25(14-19-35-26)28(29)23-6-4-3-5-7-23/h3-11,14,19,22,28H,12-13,15-18,20H2,1-2H3. The molecule has 0 spiro atoms. The molecule has 5 rings (SSSR count). The molecule has 6 nitrogen and oxygen atoms in total. The van der Waals surface area contributed by atoms with Gasteiger partial charge in [0.15, 0.2) is 0 Å². The van der Waals surface area contributed by atoms with Gasteiger partial charge in [0.1, 0.15) is 0 Å². The fraction of sp³-hybridized carbons (Fsp3) is 0.393. The molecule has 1 aromatic heterocycles. The van der Waals surface area contributed by atoms with Gasteiger partial charge in [-0.05, 0) is 55.0 Å². The molecule has 0 N–H and O–H groups in total. The number of amides is 1. The highest BCUT2D eigenvalue weighted by atomic mass is 32.2. The van der Waals surface area contributed by atoms with Crippen molar-refractivity contribution >= 4 is 27.3 Å². The van der Waals surface area contributed by atoms with Crippen LogP contribution in [0.15, 0.2) is 70.9 Å². The lowest BCUT2D eigenvalue weighted by atomic mass is 9.93. The van der Waals surface area contributed by atoms with Crippen LogP contribution < -0.4 is 0 Å². The summed E-state index contributed by atoms with van der Waals surface area (Å²) in [6.07, 6.45) is 1.44. The predicted octanol–water partition coefficient (Wildman–Crippen LogP) is 4.32. The van der Waals surface area contributed by atoms with E-state index in [0.717, 1.165) is 18.5 Å². The Morgan fingerprint density at radius 2 is 1.75 bits per heavy atom. The molecule has 0 radical (unpaired) electrons. The number of thiophene rings is 1. The number of piperazine rings is 1. The van der Waals surface area contributed by atoms with E-state index in [2.05, 4.69) is 40.6 Å². The van der Waals surface area contributed by atoms with Crippen LogP contribution in [0.3, 0.4) is 0 Å². The Labute approximate surface area is 218 Å². The highest BCUT2D eigenvalue weighted by Crippen LogP contribution is 2.37. The van der Waals surface area contributed by atoms with E-state index in [-0.39, 0.29) is 18.0 Å². The monoisotopic (exact) mass is 523 g/mol. The molecule has 8 heteroatoms. The normalized spacial score (nSPS) is 21.3. The van der Waals surface area contributed by atoms with Gasteiger partial charge in [-0.25, -0.2) is 8.42 Å². The number of carbonyl (C=O) groups excluding carboxylic acids is 1. The average Bonchev–Trinajstić information content (AvgIpc) is 3.36. The molecule has 190 valence electrons. The largest absolute Gasteiger partial charge is 0.340 e. The van der Waals surface area contributed by atoms with Gasteiger partial charge >= 0.3 is 0 Å². The Morgan fingerprint density at radius 1 is 1.00 bits per heavy atom. The molecular weight excluding hydrogens is 490 g/mol. The lowest BCUT2D eigenvalue weighted by Crippen LogP contribution is -2.55. The van der Waals surface area contributed by atoms with Gasteiger partial charge in [0, 0.05) is 50.1 Å². The van der Waals surface area contributed by atoms with E-state index in [0.29, 0.717) is 37.5 Å². The third kappa shape index (κ3) is 5.00. The molecule has 0 aliphatic carbocycles. The van der Waals surface area contributed by atoms with Crippen molar-refractivity contribution in [2.24, 2.45) is 0 Å². The third-order valence-electron chi connectivity index (χ3n) is 7.34. The summed E-state index contributed by atoms with van der Waals surface area (Å²) in [6.45, 7) is 6.60. The minimum absolute atomic E-state index is 0.0946. The van der Waals surface area contributed by atoms with Crippen LogP contribution in [0.1, 0.15) is 41.0 Å². The number of fused-ring (bicyclic) bond motifs is 1. The number of carbonyl (C=O) groups is 1. The van der Waals surface area contributed by atoms with Gasteiger partial charge in [-0.2, -0.15) is 4.31 Å². The summed E-state index contributed by atoms with van der Waals surface area (Å²) in [4.78, 5) is 19.2. The second kappa shape index (κ2) is 10.5. The number of sulfonamides is 1. The molecule has 1 amide bonds. The maximum absolute atomic E-state index is 13.2. The smallest absolute Gasteiger partial charge is 0.243 e. The first-order valence-electron chi connectivity index (χ1n) is 12.6. The SMILES string of the molecule is Cc1ccc(S(=O)(=O)N2CCN(C(=O)CCN3CCc4sccc4C3c3ccccc3)CC2C)cc1. The van der Waals surface area contributed by atoms with Crippen LogP contribution in [0.25, 0.3) is 0 Å². The Kier molecular flexibility index (Phi) is 7.30. The van der Waals surface area contributed by atoms with E-state index < -0.39 is 10.0 Å². The maximum atomic E-state index is 13.2. The summed E-state index contributed by atoms with van der Waals surface area (Å²) in [6, 6.07) is 19.6. The highest BCUT2D eigenvalue weighted by Gasteiger charge is 2.36. The van der Waals surface area contributed by atoms with E-state index in [1.54, 1.807) is 12.1 Å². The van der Waals surface area contributed by atoms with Crippen LogP contribution in [-0.4, -0.2) is 67.2 Å². The molecule has 2 aliphatic heterocycles. The molecule has 36 heavy (non-hydrogen) atoms. The molecule has 1 saturated heterocycles. The van der Waals surface area contributed by atoms with Crippen molar-refractivity contribution in [2.75, 3.05) is 32.7 Å². The molecule has 3 aromatic rings. The molecule has 2 aliphatic rings. The number of rotatable bonds is 6. The van der Waals surface area contributed by atoms with Gasteiger partial charge < -0.3 is 4.90 Å². The second-order valence-corrected chi connectivity index (χ2v) is 12.7. The van der Waals surface area contributed by atoms with E-state index in [1.807, 2.05) is 48.3 Å². The summed E-state index contributed by atoms with van der Waals surface area (Å²) in [7, 11) is -3.58. The Hall–Kier alpha value is -2.52. The first-order valence-corrected chi connectivity index (χ1v) is 14.9. The van der Waals surface area contributed by atoms with Gasteiger partial charge in [0.25, 0.3) is 0 Å². The van der Waals surface area contributed by atoms with Crippen LogP contribution in [0, 0.1) is 6.92 Å². The first-order chi connectivity index (χ1) is 17.3. The zero-order valence-corrected chi connectivity index (χ0v) is 22.5. The molecule has 0 bridgehead atoms. The van der Waals surface area contributed by atoms with Crippen LogP contribution >= 0.6 is 11.3 Å². The second-order valence-electron chi connectivity index (χ2n) is 9.77. The fourth-order valence-electron chi connectivity index (χ4n) is 5.40. The number of nitrogens with zero attached hydrogens (tertiary/aromatic N) is 3. The fourth-order valence-corrected chi connectivity index (χ4v) is 7.92. The van der Waals surface area contributed by atoms with E-state index in [1.165, 1.54) is 20.3 Å². The van der Waals surface area contributed by atoms with Gasteiger partial charge in [0.05, 0.1) is 10.9 Å². The molecule has 1 fully saturated rings. The van der Waals surface area contributed by atoms with Crippen LogP contribution in [0.2, 0.25) is 0 Å². The zero-order valence-electron chi connectivity index (χ0n) is 20.8.